The van der Waals surface area contributed by atoms with E-state index in [1.54, 1.807) is 36.4 Å². The number of phenols is 1. The van der Waals surface area contributed by atoms with Crippen molar-refractivity contribution in [3.05, 3.63) is 59.1 Å². The smallest absolute Gasteiger partial charge is 0.329 e. The Balaban J connectivity index is 1.92. The number of hydrazone groups is 1. The van der Waals surface area contributed by atoms with Gasteiger partial charge in [0, 0.05) is 16.3 Å². The molecule has 7 heteroatoms. The van der Waals surface area contributed by atoms with Gasteiger partial charge in [-0.1, -0.05) is 29.8 Å². The summed E-state index contributed by atoms with van der Waals surface area (Å²) in [6.07, 6.45) is 1.24. The van der Waals surface area contributed by atoms with Crippen molar-refractivity contribution in [2.45, 2.75) is 0 Å². The lowest BCUT2D eigenvalue weighted by atomic mass is 10.2. The molecule has 0 atom stereocenters. The van der Waals surface area contributed by atoms with Gasteiger partial charge in [0.1, 0.15) is 5.75 Å². The Kier molecular flexibility index (Phi) is 5.11. The van der Waals surface area contributed by atoms with Crippen LogP contribution in [-0.2, 0) is 9.59 Å². The van der Waals surface area contributed by atoms with E-state index in [9.17, 15) is 14.7 Å². The van der Waals surface area contributed by atoms with Crippen LogP contribution in [0.1, 0.15) is 5.56 Å². The van der Waals surface area contributed by atoms with Crippen LogP contribution in [0.3, 0.4) is 0 Å². The normalized spacial score (nSPS) is 10.4. The van der Waals surface area contributed by atoms with Gasteiger partial charge >= 0.3 is 11.8 Å². The number of nitrogens with zero attached hydrogens (tertiary/aromatic N) is 1. The highest BCUT2D eigenvalue weighted by Gasteiger charge is 2.12. The predicted octanol–water partition coefficient (Wildman–Crippen LogP) is 2.13. The number of rotatable bonds is 3. The number of carbonyl (C=O) groups is 2. The number of phenolic OH excluding ortho intramolecular Hbond substituents is 1. The number of hydrogen-bond acceptors (Lipinski definition) is 4. The molecule has 0 saturated heterocycles. The van der Waals surface area contributed by atoms with Gasteiger partial charge in [-0.2, -0.15) is 5.10 Å². The second-order valence-corrected chi connectivity index (χ2v) is 4.66. The molecular formula is C15H12ClN3O3. The molecule has 0 spiro atoms. The zero-order chi connectivity index (χ0) is 15.9. The number of benzene rings is 2. The molecule has 112 valence electrons. The minimum absolute atomic E-state index is 0.0175. The van der Waals surface area contributed by atoms with Crippen LogP contribution in [0, 0.1) is 0 Å². The number of amides is 2. The predicted molar refractivity (Wildman–Crippen MR) is 83.9 cm³/mol. The highest BCUT2D eigenvalue weighted by Crippen LogP contribution is 2.14. The molecule has 0 radical (unpaired) electrons. The van der Waals surface area contributed by atoms with E-state index in [1.807, 2.05) is 0 Å². The largest absolute Gasteiger partial charge is 0.507 e. The summed E-state index contributed by atoms with van der Waals surface area (Å²) in [6.45, 7) is 0. The Morgan fingerprint density at radius 3 is 2.59 bits per heavy atom. The minimum atomic E-state index is -0.938. The summed E-state index contributed by atoms with van der Waals surface area (Å²) in [5, 5.41) is 15.9. The number of halogens is 1. The topological polar surface area (TPSA) is 90.8 Å². The molecule has 6 nitrogen and oxygen atoms in total. The SMILES string of the molecule is O=C(N/N=C/c1ccccc1O)C(=O)Nc1cccc(Cl)c1. The number of nitrogens with one attached hydrogen (secondary N) is 2. The summed E-state index contributed by atoms with van der Waals surface area (Å²) >= 11 is 5.78. The third-order valence-electron chi connectivity index (χ3n) is 2.60. The number of hydrogen-bond donors (Lipinski definition) is 3. The van der Waals surface area contributed by atoms with Crippen molar-refractivity contribution in [3.63, 3.8) is 0 Å². The fraction of sp³-hybridized carbons (Fsp3) is 0. The molecule has 3 N–H and O–H groups in total. The summed E-state index contributed by atoms with van der Waals surface area (Å²) in [6, 6.07) is 12.9. The van der Waals surface area contributed by atoms with Crippen LogP contribution >= 0.6 is 11.6 Å². The molecule has 0 aliphatic rings. The molecule has 0 bridgehead atoms. The van der Waals surface area contributed by atoms with Gasteiger partial charge < -0.3 is 10.4 Å². The maximum absolute atomic E-state index is 11.6. The second-order valence-electron chi connectivity index (χ2n) is 4.22. The lowest BCUT2D eigenvalue weighted by Gasteiger charge is -2.04. The molecule has 0 aliphatic heterocycles. The second kappa shape index (κ2) is 7.24. The maximum atomic E-state index is 11.6. The van der Waals surface area contributed by atoms with Gasteiger partial charge in [0.05, 0.1) is 6.21 Å². The number of carbonyl (C=O) groups excluding carboxylic acids is 2. The first kappa shape index (κ1) is 15.5. The highest BCUT2D eigenvalue weighted by molar-refractivity contribution is 6.39. The van der Waals surface area contributed by atoms with Crippen molar-refractivity contribution in [3.8, 4) is 5.75 Å². The van der Waals surface area contributed by atoms with E-state index in [2.05, 4.69) is 15.8 Å². The molecule has 2 amide bonds. The standard InChI is InChI=1S/C15H12ClN3O3/c16-11-5-3-6-12(8-11)18-14(21)15(22)19-17-9-10-4-1-2-7-13(10)20/h1-9,20H,(H,18,21)(H,19,22)/b17-9+. The van der Waals surface area contributed by atoms with Gasteiger partial charge in [0.25, 0.3) is 0 Å². The summed E-state index contributed by atoms with van der Waals surface area (Å²) < 4.78 is 0. The third kappa shape index (κ3) is 4.32. The van der Waals surface area contributed by atoms with Gasteiger partial charge in [0.2, 0.25) is 0 Å². The third-order valence-corrected chi connectivity index (χ3v) is 2.83. The first-order valence-electron chi connectivity index (χ1n) is 6.24. The van der Waals surface area contributed by atoms with E-state index < -0.39 is 11.8 Å². The number of para-hydroxylation sites is 1. The van der Waals surface area contributed by atoms with Crippen LogP contribution in [0.2, 0.25) is 5.02 Å². The van der Waals surface area contributed by atoms with Crippen LogP contribution in [0.15, 0.2) is 53.6 Å². The zero-order valence-electron chi connectivity index (χ0n) is 11.3. The summed E-state index contributed by atoms with van der Waals surface area (Å²) in [5.74, 6) is -1.80. The molecule has 2 aromatic carbocycles. The number of anilines is 1. The van der Waals surface area contributed by atoms with Crippen molar-refractivity contribution >= 4 is 35.3 Å². The molecule has 0 unspecified atom stereocenters. The van der Waals surface area contributed by atoms with Crippen molar-refractivity contribution in [2.24, 2.45) is 5.10 Å². The molecule has 0 fully saturated rings. The van der Waals surface area contributed by atoms with Crippen molar-refractivity contribution in [1.29, 1.82) is 0 Å². The fourth-order valence-corrected chi connectivity index (χ4v) is 1.75. The van der Waals surface area contributed by atoms with E-state index in [4.69, 9.17) is 11.6 Å². The summed E-state index contributed by atoms with van der Waals surface area (Å²) in [5.41, 5.74) is 2.88. The quantitative estimate of drug-likeness (QED) is 0.460. The molecule has 0 saturated carbocycles. The van der Waals surface area contributed by atoms with E-state index >= 15 is 0 Å². The molecule has 2 aromatic rings. The van der Waals surface area contributed by atoms with Crippen molar-refractivity contribution in [1.82, 2.24) is 5.43 Å². The monoisotopic (exact) mass is 317 g/mol. The van der Waals surface area contributed by atoms with Crippen molar-refractivity contribution < 1.29 is 14.7 Å². The van der Waals surface area contributed by atoms with Crippen LogP contribution in [-0.4, -0.2) is 23.1 Å². The summed E-state index contributed by atoms with van der Waals surface area (Å²) in [4.78, 5) is 23.2. The van der Waals surface area contributed by atoms with Gasteiger partial charge in [0.15, 0.2) is 0 Å². The van der Waals surface area contributed by atoms with Crippen LogP contribution in [0.5, 0.6) is 5.75 Å². The molecule has 0 aliphatic carbocycles. The Hall–Kier alpha value is -2.86. The van der Waals surface area contributed by atoms with Crippen LogP contribution in [0.25, 0.3) is 0 Å². The molecule has 0 aromatic heterocycles. The van der Waals surface area contributed by atoms with E-state index in [-0.39, 0.29) is 5.75 Å². The van der Waals surface area contributed by atoms with Gasteiger partial charge in [-0.3, -0.25) is 9.59 Å². The maximum Gasteiger partial charge on any atom is 0.329 e. The average molecular weight is 318 g/mol. The van der Waals surface area contributed by atoms with Crippen LogP contribution in [0.4, 0.5) is 5.69 Å². The molecule has 2 rings (SSSR count). The van der Waals surface area contributed by atoms with Crippen LogP contribution < -0.4 is 10.7 Å². The van der Waals surface area contributed by atoms with E-state index in [1.165, 1.54) is 18.3 Å². The Bertz CT molecular complexity index is 731. The Labute approximate surface area is 131 Å². The molecule has 22 heavy (non-hydrogen) atoms. The first-order chi connectivity index (χ1) is 10.6. The van der Waals surface area contributed by atoms with E-state index in [0.717, 1.165) is 0 Å². The first-order valence-corrected chi connectivity index (χ1v) is 6.62. The average Bonchev–Trinajstić information content (AvgIpc) is 2.49. The zero-order valence-corrected chi connectivity index (χ0v) is 12.0. The lowest BCUT2D eigenvalue weighted by Crippen LogP contribution is -2.32. The minimum Gasteiger partial charge on any atom is -0.507 e. The van der Waals surface area contributed by atoms with E-state index in [0.29, 0.717) is 16.3 Å². The highest BCUT2D eigenvalue weighted by atomic mass is 35.5. The number of aromatic hydroxyl groups is 1. The Morgan fingerprint density at radius 1 is 1.09 bits per heavy atom. The fourth-order valence-electron chi connectivity index (χ4n) is 1.56. The van der Waals surface area contributed by atoms with Crippen molar-refractivity contribution in [2.75, 3.05) is 5.32 Å². The lowest BCUT2D eigenvalue weighted by molar-refractivity contribution is -0.136. The van der Waals surface area contributed by atoms with Gasteiger partial charge in [-0.05, 0) is 30.3 Å². The van der Waals surface area contributed by atoms with Gasteiger partial charge in [-0.25, -0.2) is 5.43 Å². The van der Waals surface area contributed by atoms with Gasteiger partial charge in [-0.15, -0.1) is 0 Å². The summed E-state index contributed by atoms with van der Waals surface area (Å²) in [7, 11) is 0. The molecule has 0 heterocycles. The Morgan fingerprint density at radius 2 is 1.86 bits per heavy atom. The molecular weight excluding hydrogens is 306 g/mol.